The second kappa shape index (κ2) is 17.7. The van der Waals surface area contributed by atoms with Gasteiger partial charge >= 0.3 is 11.9 Å². The summed E-state index contributed by atoms with van der Waals surface area (Å²) < 4.78 is 45.4. The van der Waals surface area contributed by atoms with Crippen molar-refractivity contribution in [3.8, 4) is 5.75 Å². The maximum absolute atomic E-state index is 14.4. The highest BCUT2D eigenvalue weighted by Gasteiger charge is 2.42. The van der Waals surface area contributed by atoms with E-state index in [-0.39, 0.29) is 31.5 Å². The number of aliphatic hydroxyl groups is 1. The van der Waals surface area contributed by atoms with Crippen molar-refractivity contribution in [1.29, 1.82) is 0 Å². The van der Waals surface area contributed by atoms with Gasteiger partial charge in [-0.1, -0.05) is 74.0 Å². The first kappa shape index (κ1) is 34.1. The van der Waals surface area contributed by atoms with Crippen molar-refractivity contribution in [3.63, 3.8) is 0 Å². The fraction of sp³-hybridized carbons (Fsp3) is 0.486. The molecule has 0 spiro atoms. The largest absolute Gasteiger partial charge is 0.497 e. The van der Waals surface area contributed by atoms with E-state index in [1.165, 1.54) is 6.08 Å². The topological polar surface area (TPSA) is 82.1 Å². The molecule has 0 heterocycles. The number of unbranched alkanes of at least 4 members (excludes halogenated alkanes) is 2. The summed E-state index contributed by atoms with van der Waals surface area (Å²) in [4.78, 5) is 24.4. The van der Waals surface area contributed by atoms with Crippen molar-refractivity contribution in [2.24, 2.45) is 11.8 Å². The number of carbonyl (C=O) groups is 2. The molecule has 3 rings (SSSR count). The van der Waals surface area contributed by atoms with Gasteiger partial charge in [0.1, 0.15) is 12.4 Å². The minimum absolute atomic E-state index is 0.249. The van der Waals surface area contributed by atoms with Crippen LogP contribution in [0.15, 0.2) is 78.9 Å². The van der Waals surface area contributed by atoms with Gasteiger partial charge in [-0.15, -0.1) is 0 Å². The average Bonchev–Trinajstić information content (AvgIpc) is 3.32. The molecular weight excluding hydrogens is 554 g/mol. The lowest BCUT2D eigenvalue weighted by atomic mass is 9.89. The first-order valence-electron chi connectivity index (χ1n) is 15.1. The maximum Gasteiger partial charge on any atom is 0.309 e. The Kier molecular flexibility index (Phi) is 14.0. The smallest absolute Gasteiger partial charge is 0.309 e. The van der Waals surface area contributed by atoms with E-state index in [0.29, 0.717) is 38.5 Å². The molecule has 0 saturated heterocycles. The van der Waals surface area contributed by atoms with E-state index in [1.54, 1.807) is 14.0 Å². The number of ketones is 1. The van der Waals surface area contributed by atoms with Gasteiger partial charge in [-0.3, -0.25) is 9.59 Å². The second-order valence-electron chi connectivity index (χ2n) is 11.0. The van der Waals surface area contributed by atoms with Crippen molar-refractivity contribution in [3.05, 3.63) is 90.0 Å². The van der Waals surface area contributed by atoms with E-state index in [4.69, 9.17) is 14.2 Å². The number of allylic oxidation sites excluding steroid dienone is 3. The molecule has 0 amide bonds. The van der Waals surface area contributed by atoms with Crippen molar-refractivity contribution in [1.82, 2.24) is 0 Å². The molecule has 2 aromatic carbocycles. The molecule has 1 aliphatic carbocycles. The molecule has 1 saturated carbocycles. The Morgan fingerprint density at radius 2 is 1.72 bits per heavy atom. The summed E-state index contributed by atoms with van der Waals surface area (Å²) in [6, 6.07) is 16.9. The van der Waals surface area contributed by atoms with Crippen LogP contribution in [-0.2, 0) is 32.3 Å². The van der Waals surface area contributed by atoms with Crippen LogP contribution in [0.1, 0.15) is 69.4 Å². The van der Waals surface area contributed by atoms with Crippen molar-refractivity contribution >= 4 is 11.8 Å². The number of carbonyl (C=O) groups excluding carboxylic acids is 2. The maximum atomic E-state index is 14.4. The molecule has 43 heavy (non-hydrogen) atoms. The number of alkyl halides is 2. The number of esters is 1. The summed E-state index contributed by atoms with van der Waals surface area (Å²) in [7, 11) is 1.59. The Balaban J connectivity index is 1.56. The van der Waals surface area contributed by atoms with Crippen LogP contribution in [0.2, 0.25) is 0 Å². The highest BCUT2D eigenvalue weighted by atomic mass is 19.3. The number of halogens is 2. The van der Waals surface area contributed by atoms with Gasteiger partial charge in [0.05, 0.1) is 25.9 Å². The summed E-state index contributed by atoms with van der Waals surface area (Å²) in [6.45, 7) is 2.32. The SMILES string of the molecule is CCCCC(F)(F)C(=O)/C=C/[C@@H]1[C@@H](C/C=C\CCCC(=O)OCc2ccccc2)[C@@H](O)C[C@H]1OCc1ccc(OC)cc1. The second-order valence-corrected chi connectivity index (χ2v) is 11.0. The average molecular weight is 599 g/mol. The Labute approximate surface area is 253 Å². The fourth-order valence-corrected chi connectivity index (χ4v) is 5.18. The minimum Gasteiger partial charge on any atom is -0.497 e. The molecule has 1 N–H and O–H groups in total. The molecule has 234 valence electrons. The van der Waals surface area contributed by atoms with Gasteiger partial charge in [0.2, 0.25) is 5.78 Å². The predicted molar refractivity (Wildman–Crippen MR) is 162 cm³/mol. The van der Waals surface area contributed by atoms with E-state index < -0.39 is 36.3 Å². The van der Waals surface area contributed by atoms with Crippen LogP contribution < -0.4 is 4.74 Å². The lowest BCUT2D eigenvalue weighted by Gasteiger charge is -2.22. The van der Waals surface area contributed by atoms with Gasteiger partial charge < -0.3 is 19.3 Å². The first-order chi connectivity index (χ1) is 20.7. The summed E-state index contributed by atoms with van der Waals surface area (Å²) in [5.74, 6) is -4.89. The highest BCUT2D eigenvalue weighted by Crippen LogP contribution is 2.39. The van der Waals surface area contributed by atoms with Crippen LogP contribution in [0.3, 0.4) is 0 Å². The van der Waals surface area contributed by atoms with Gasteiger partial charge in [0, 0.05) is 25.2 Å². The highest BCUT2D eigenvalue weighted by molar-refractivity contribution is 5.95. The van der Waals surface area contributed by atoms with Gasteiger partial charge in [0.15, 0.2) is 0 Å². The molecule has 0 aromatic heterocycles. The van der Waals surface area contributed by atoms with E-state index in [1.807, 2.05) is 66.7 Å². The van der Waals surface area contributed by atoms with Crippen LogP contribution in [0.25, 0.3) is 0 Å². The predicted octanol–water partition coefficient (Wildman–Crippen LogP) is 7.39. The van der Waals surface area contributed by atoms with E-state index in [2.05, 4.69) is 0 Å². The zero-order valence-corrected chi connectivity index (χ0v) is 25.1. The third-order valence-corrected chi connectivity index (χ3v) is 7.76. The normalized spacial score (nSPS) is 20.6. The third-order valence-electron chi connectivity index (χ3n) is 7.76. The lowest BCUT2D eigenvalue weighted by molar-refractivity contribution is -0.145. The quantitative estimate of drug-likeness (QED) is 0.0834. The van der Waals surface area contributed by atoms with Gasteiger partial charge in [-0.2, -0.15) is 8.78 Å². The first-order valence-corrected chi connectivity index (χ1v) is 15.1. The number of hydrogen-bond donors (Lipinski definition) is 1. The molecule has 0 radical (unpaired) electrons. The Morgan fingerprint density at radius 3 is 2.42 bits per heavy atom. The van der Waals surface area contributed by atoms with E-state index in [9.17, 15) is 23.5 Å². The molecule has 0 aliphatic heterocycles. The monoisotopic (exact) mass is 598 g/mol. The van der Waals surface area contributed by atoms with Crippen LogP contribution in [0.4, 0.5) is 8.78 Å². The van der Waals surface area contributed by atoms with E-state index in [0.717, 1.165) is 23.0 Å². The minimum atomic E-state index is -3.42. The number of rotatable bonds is 18. The number of methoxy groups -OCH3 is 1. The molecule has 4 atom stereocenters. The molecule has 0 unspecified atom stereocenters. The summed E-state index contributed by atoms with van der Waals surface area (Å²) in [5, 5.41) is 10.9. The van der Waals surface area contributed by atoms with Gasteiger partial charge in [0.25, 0.3) is 0 Å². The lowest BCUT2D eigenvalue weighted by Crippen LogP contribution is -2.28. The number of hydrogen-bond acceptors (Lipinski definition) is 6. The molecule has 1 aliphatic rings. The third kappa shape index (κ3) is 11.3. The number of aliphatic hydroxyl groups excluding tert-OH is 1. The molecular formula is C35H44F2O6. The molecule has 1 fully saturated rings. The Hall–Kier alpha value is -3.36. The van der Waals surface area contributed by atoms with Crippen LogP contribution in [0, 0.1) is 11.8 Å². The number of ether oxygens (including phenoxy) is 3. The molecule has 2 aromatic rings. The van der Waals surface area contributed by atoms with Gasteiger partial charge in [-0.25, -0.2) is 0 Å². The van der Waals surface area contributed by atoms with Crippen LogP contribution >= 0.6 is 0 Å². The van der Waals surface area contributed by atoms with Gasteiger partial charge in [-0.05, 0) is 60.9 Å². The van der Waals surface area contributed by atoms with Crippen molar-refractivity contribution in [2.45, 2.75) is 89.6 Å². The summed E-state index contributed by atoms with van der Waals surface area (Å²) in [5.41, 5.74) is 1.85. The van der Waals surface area contributed by atoms with E-state index >= 15 is 0 Å². The molecule has 0 bridgehead atoms. The molecule has 8 heteroatoms. The summed E-state index contributed by atoms with van der Waals surface area (Å²) in [6.07, 6.45) is 7.94. The Morgan fingerprint density at radius 1 is 1.00 bits per heavy atom. The Bertz CT molecular complexity index is 1180. The zero-order valence-electron chi connectivity index (χ0n) is 25.1. The van der Waals surface area contributed by atoms with Crippen molar-refractivity contribution in [2.75, 3.05) is 7.11 Å². The number of benzene rings is 2. The fourth-order valence-electron chi connectivity index (χ4n) is 5.18. The zero-order chi connectivity index (χ0) is 31.1. The standard InChI is InChI=1S/C35H44F2O6/c1-3-4-22-35(36,37)33(39)21-20-30-29(31(38)23-32(30)42-24-27-16-18-28(41-2)19-17-27)14-10-5-6-11-15-34(40)43-25-26-12-8-7-9-13-26/h5,7-10,12-13,16-21,29-32,38H,3-4,6,11,14-15,22-25H2,1-2H3/b10-5-,21-20+/t29-,30-,31+,32-/m1/s1. The summed E-state index contributed by atoms with van der Waals surface area (Å²) >= 11 is 0. The van der Waals surface area contributed by atoms with Crippen molar-refractivity contribution < 1.29 is 37.7 Å². The molecule has 6 nitrogen and oxygen atoms in total. The van der Waals surface area contributed by atoms with Crippen LogP contribution in [-0.4, -0.2) is 42.1 Å². The van der Waals surface area contributed by atoms with Crippen LogP contribution in [0.5, 0.6) is 5.75 Å².